The van der Waals surface area contributed by atoms with Crippen molar-refractivity contribution in [2.75, 3.05) is 44.4 Å². The number of hydrogen-bond donors (Lipinski definition) is 2. The summed E-state index contributed by atoms with van der Waals surface area (Å²) in [4.78, 5) is 13.6. The highest BCUT2D eigenvalue weighted by Gasteiger charge is 2.18. The quantitative estimate of drug-likeness (QED) is 0.712. The molecule has 3 N–H and O–H groups in total. The number of carbonyl (C=O) groups is 1. The Hall–Kier alpha value is -2.73. The molecule has 0 atom stereocenters. The van der Waals surface area contributed by atoms with Crippen LogP contribution in [0.2, 0.25) is 0 Å². The summed E-state index contributed by atoms with van der Waals surface area (Å²) in [5.74, 6) is 1.74. The molecule has 1 amide bonds. The summed E-state index contributed by atoms with van der Waals surface area (Å²) >= 11 is 0. The van der Waals surface area contributed by atoms with Gasteiger partial charge < -0.3 is 20.5 Å². The third kappa shape index (κ3) is 4.89. The molecule has 6 nitrogen and oxygen atoms in total. The number of likely N-dealkylation sites (N-methyl/N-ethyl adjacent to an activating group) is 1. The van der Waals surface area contributed by atoms with E-state index in [1.807, 2.05) is 49.5 Å². The van der Waals surface area contributed by atoms with E-state index in [9.17, 15) is 4.79 Å². The van der Waals surface area contributed by atoms with E-state index in [2.05, 4.69) is 10.2 Å². The monoisotopic (exact) mass is 355 g/mol. The minimum absolute atomic E-state index is 0.0653. The van der Waals surface area contributed by atoms with E-state index < -0.39 is 0 Å². The Kier molecular flexibility index (Phi) is 5.96. The lowest BCUT2D eigenvalue weighted by molar-refractivity contribution is -0.116. The highest BCUT2D eigenvalue weighted by atomic mass is 16.5. The molecule has 138 valence electrons. The second-order valence-corrected chi connectivity index (χ2v) is 6.40. The van der Waals surface area contributed by atoms with Gasteiger partial charge in [-0.25, -0.2) is 0 Å². The van der Waals surface area contributed by atoms with Gasteiger partial charge in [-0.3, -0.25) is 9.69 Å². The number of fused-ring (bicyclic) bond motifs is 1. The Morgan fingerprint density at radius 3 is 2.54 bits per heavy atom. The van der Waals surface area contributed by atoms with Gasteiger partial charge in [0.1, 0.15) is 24.7 Å². The number of amides is 1. The molecule has 3 rings (SSSR count). The molecule has 0 bridgehead atoms. The van der Waals surface area contributed by atoms with Crippen molar-refractivity contribution in [1.82, 2.24) is 4.90 Å². The van der Waals surface area contributed by atoms with Crippen LogP contribution in [0.1, 0.15) is 12.0 Å². The maximum Gasteiger partial charge on any atom is 0.224 e. The van der Waals surface area contributed by atoms with Gasteiger partial charge in [-0.2, -0.15) is 0 Å². The Labute approximate surface area is 153 Å². The smallest absolute Gasteiger partial charge is 0.224 e. The van der Waals surface area contributed by atoms with E-state index in [0.29, 0.717) is 19.6 Å². The van der Waals surface area contributed by atoms with Crippen molar-refractivity contribution in [2.45, 2.75) is 12.8 Å². The predicted octanol–water partition coefficient (Wildman–Crippen LogP) is 2.54. The zero-order valence-corrected chi connectivity index (χ0v) is 15.0. The number of hydrogen-bond acceptors (Lipinski definition) is 5. The van der Waals surface area contributed by atoms with Crippen LogP contribution in [0, 0.1) is 0 Å². The fourth-order valence-electron chi connectivity index (χ4n) is 2.83. The number of carbonyl (C=O) groups excluding carboxylic acids is 1. The SMILES string of the molecule is CN(CCOc1ccc(N)cc1)CCOc1cccc2c1CCC(=O)N2. The molecule has 0 radical (unpaired) electrons. The van der Waals surface area contributed by atoms with Gasteiger partial charge in [0, 0.05) is 36.4 Å². The number of nitrogens with zero attached hydrogens (tertiary/aromatic N) is 1. The molecule has 1 heterocycles. The number of ether oxygens (including phenoxy) is 2. The van der Waals surface area contributed by atoms with Crippen LogP contribution in [-0.2, 0) is 11.2 Å². The van der Waals surface area contributed by atoms with Gasteiger partial charge in [-0.1, -0.05) is 6.07 Å². The van der Waals surface area contributed by atoms with Crippen molar-refractivity contribution < 1.29 is 14.3 Å². The van der Waals surface area contributed by atoms with Gasteiger partial charge in [0.05, 0.1) is 0 Å². The summed E-state index contributed by atoms with van der Waals surface area (Å²) < 4.78 is 11.6. The normalized spacial score (nSPS) is 13.2. The first-order valence-electron chi connectivity index (χ1n) is 8.83. The maximum atomic E-state index is 11.5. The van der Waals surface area contributed by atoms with Crippen LogP contribution in [0.4, 0.5) is 11.4 Å². The standard InChI is InChI=1S/C20H25N3O3/c1-23(11-13-25-16-7-5-15(21)6-8-16)12-14-26-19-4-2-3-18-17(19)9-10-20(24)22-18/h2-8H,9-14,21H2,1H3,(H,22,24). The van der Waals surface area contributed by atoms with Crippen molar-refractivity contribution in [1.29, 1.82) is 0 Å². The van der Waals surface area contributed by atoms with Gasteiger partial charge in [0.2, 0.25) is 5.91 Å². The average molecular weight is 355 g/mol. The topological polar surface area (TPSA) is 76.8 Å². The Morgan fingerprint density at radius 1 is 1.04 bits per heavy atom. The molecule has 2 aromatic carbocycles. The van der Waals surface area contributed by atoms with E-state index in [1.165, 1.54) is 0 Å². The van der Waals surface area contributed by atoms with Crippen LogP contribution in [-0.4, -0.2) is 44.2 Å². The number of rotatable bonds is 8. The molecule has 0 fully saturated rings. The summed E-state index contributed by atoms with van der Waals surface area (Å²) in [6.07, 6.45) is 1.23. The Balaban J connectivity index is 1.40. The molecular formula is C20H25N3O3. The second kappa shape index (κ2) is 8.58. The average Bonchev–Trinajstić information content (AvgIpc) is 2.63. The van der Waals surface area contributed by atoms with Gasteiger partial charge >= 0.3 is 0 Å². The van der Waals surface area contributed by atoms with Crippen LogP contribution in [0.15, 0.2) is 42.5 Å². The lowest BCUT2D eigenvalue weighted by atomic mass is 10.0. The molecule has 2 aromatic rings. The van der Waals surface area contributed by atoms with Crippen molar-refractivity contribution in [3.8, 4) is 11.5 Å². The van der Waals surface area contributed by atoms with E-state index in [1.54, 1.807) is 0 Å². The molecule has 0 aromatic heterocycles. The van der Waals surface area contributed by atoms with Gasteiger partial charge in [-0.15, -0.1) is 0 Å². The Bertz CT molecular complexity index is 746. The van der Waals surface area contributed by atoms with Crippen LogP contribution in [0.5, 0.6) is 11.5 Å². The third-order valence-corrected chi connectivity index (χ3v) is 4.36. The van der Waals surface area contributed by atoms with Crippen LogP contribution >= 0.6 is 0 Å². The highest BCUT2D eigenvalue weighted by molar-refractivity contribution is 5.94. The largest absolute Gasteiger partial charge is 0.492 e. The van der Waals surface area contributed by atoms with Crippen LogP contribution < -0.4 is 20.5 Å². The molecule has 6 heteroatoms. The molecule has 1 aliphatic rings. The number of benzene rings is 2. The van der Waals surface area contributed by atoms with Crippen molar-refractivity contribution in [3.05, 3.63) is 48.0 Å². The number of nitrogens with one attached hydrogen (secondary N) is 1. The van der Waals surface area contributed by atoms with E-state index in [-0.39, 0.29) is 5.91 Å². The second-order valence-electron chi connectivity index (χ2n) is 6.40. The number of nitrogens with two attached hydrogens (primary N) is 1. The first-order valence-corrected chi connectivity index (χ1v) is 8.83. The fourth-order valence-corrected chi connectivity index (χ4v) is 2.83. The van der Waals surface area contributed by atoms with E-state index >= 15 is 0 Å². The fraction of sp³-hybridized carbons (Fsp3) is 0.350. The van der Waals surface area contributed by atoms with Gasteiger partial charge in [-0.05, 0) is 49.9 Å². The van der Waals surface area contributed by atoms with Crippen molar-refractivity contribution >= 4 is 17.3 Å². The predicted molar refractivity (Wildman–Crippen MR) is 103 cm³/mol. The zero-order chi connectivity index (χ0) is 18.4. The van der Waals surface area contributed by atoms with Gasteiger partial charge in [0.15, 0.2) is 0 Å². The highest BCUT2D eigenvalue weighted by Crippen LogP contribution is 2.30. The van der Waals surface area contributed by atoms with Gasteiger partial charge in [0.25, 0.3) is 0 Å². The molecule has 0 aliphatic carbocycles. The molecule has 0 unspecified atom stereocenters. The molecular weight excluding hydrogens is 330 g/mol. The van der Waals surface area contributed by atoms with Crippen molar-refractivity contribution in [2.24, 2.45) is 0 Å². The molecule has 0 spiro atoms. The van der Waals surface area contributed by atoms with Crippen LogP contribution in [0.3, 0.4) is 0 Å². The lowest BCUT2D eigenvalue weighted by Gasteiger charge is -2.21. The summed E-state index contributed by atoms with van der Waals surface area (Å²) in [6.45, 7) is 2.79. The summed E-state index contributed by atoms with van der Waals surface area (Å²) in [7, 11) is 2.04. The first-order chi connectivity index (χ1) is 12.6. The lowest BCUT2D eigenvalue weighted by Crippen LogP contribution is -2.29. The molecule has 0 saturated heterocycles. The number of anilines is 2. The molecule has 1 aliphatic heterocycles. The van der Waals surface area contributed by atoms with E-state index in [4.69, 9.17) is 15.2 Å². The van der Waals surface area contributed by atoms with Crippen LogP contribution in [0.25, 0.3) is 0 Å². The summed E-state index contributed by atoms with van der Waals surface area (Å²) in [5, 5.41) is 2.89. The first kappa shape index (κ1) is 18.1. The Morgan fingerprint density at radius 2 is 1.77 bits per heavy atom. The third-order valence-electron chi connectivity index (χ3n) is 4.36. The van der Waals surface area contributed by atoms with E-state index in [0.717, 1.165) is 47.9 Å². The molecule has 0 saturated carbocycles. The summed E-state index contributed by atoms with van der Waals surface area (Å²) in [5.41, 5.74) is 8.34. The maximum absolute atomic E-state index is 11.5. The van der Waals surface area contributed by atoms with Crippen molar-refractivity contribution in [3.63, 3.8) is 0 Å². The minimum Gasteiger partial charge on any atom is -0.492 e. The summed E-state index contributed by atoms with van der Waals surface area (Å²) in [6, 6.07) is 13.2. The number of nitrogen functional groups attached to an aromatic ring is 1. The minimum atomic E-state index is 0.0653. The molecule has 26 heavy (non-hydrogen) atoms. The zero-order valence-electron chi connectivity index (χ0n) is 15.0.